The first-order valence-corrected chi connectivity index (χ1v) is 11.1. The van der Waals surface area contributed by atoms with Gasteiger partial charge in [0, 0.05) is 0 Å². The number of thiazole rings is 1. The minimum Gasteiger partial charge on any atom is -0.494 e. The Morgan fingerprint density at radius 3 is 2.83 bits per heavy atom. The number of carbonyl (C=O) groups excluding carboxylic acids is 1. The molecular formula is C23H26N2O4S. The van der Waals surface area contributed by atoms with Gasteiger partial charge in [-0.2, -0.15) is 0 Å². The second-order valence-electron chi connectivity index (χ2n) is 7.32. The van der Waals surface area contributed by atoms with Gasteiger partial charge in [0.25, 0.3) is 0 Å². The van der Waals surface area contributed by atoms with E-state index in [0.29, 0.717) is 31.0 Å². The monoisotopic (exact) mass is 426 g/mol. The second kappa shape index (κ2) is 9.34. The molecule has 0 aliphatic carbocycles. The van der Waals surface area contributed by atoms with E-state index in [4.69, 9.17) is 19.2 Å². The molecule has 0 radical (unpaired) electrons. The summed E-state index contributed by atoms with van der Waals surface area (Å²) in [5.74, 6) is 1.17. The molecule has 1 saturated heterocycles. The van der Waals surface area contributed by atoms with Gasteiger partial charge in [-0.1, -0.05) is 43.2 Å². The quantitative estimate of drug-likeness (QED) is 0.358. The molecule has 30 heavy (non-hydrogen) atoms. The highest BCUT2D eigenvalue weighted by molar-refractivity contribution is 7.22. The Labute approximate surface area is 180 Å². The normalized spacial score (nSPS) is 13.9. The molecule has 0 bridgehead atoms. The van der Waals surface area contributed by atoms with Crippen molar-refractivity contribution in [1.82, 2.24) is 4.98 Å². The summed E-state index contributed by atoms with van der Waals surface area (Å²) in [6.07, 6.45) is 3.17. The summed E-state index contributed by atoms with van der Waals surface area (Å²) in [7, 11) is 1.65. The van der Waals surface area contributed by atoms with Gasteiger partial charge in [0.1, 0.15) is 23.1 Å². The fourth-order valence-corrected chi connectivity index (χ4v) is 4.36. The van der Waals surface area contributed by atoms with Crippen LogP contribution in [0, 0.1) is 0 Å². The van der Waals surface area contributed by atoms with Gasteiger partial charge in [-0.15, -0.1) is 0 Å². The van der Waals surface area contributed by atoms with E-state index >= 15 is 0 Å². The highest BCUT2D eigenvalue weighted by atomic mass is 32.1. The number of methoxy groups -OCH3 is 1. The largest absolute Gasteiger partial charge is 0.494 e. The van der Waals surface area contributed by atoms with E-state index in [1.54, 1.807) is 30.6 Å². The molecule has 1 aliphatic rings. The first-order chi connectivity index (χ1) is 14.7. The van der Waals surface area contributed by atoms with Crippen molar-refractivity contribution < 1.29 is 19.0 Å². The molecule has 0 amide bonds. The number of hydrogen-bond donors (Lipinski definition) is 0. The van der Waals surface area contributed by atoms with E-state index in [-0.39, 0.29) is 12.1 Å². The molecule has 1 aromatic heterocycles. The van der Waals surface area contributed by atoms with Crippen molar-refractivity contribution in [3.8, 4) is 11.5 Å². The summed E-state index contributed by atoms with van der Waals surface area (Å²) in [6, 6.07) is 13.1. The number of para-hydroxylation sites is 1. The van der Waals surface area contributed by atoms with Crippen molar-refractivity contribution in [3.05, 3.63) is 48.0 Å². The van der Waals surface area contributed by atoms with Crippen LogP contribution in [-0.4, -0.2) is 43.9 Å². The van der Waals surface area contributed by atoms with E-state index in [1.807, 2.05) is 30.3 Å². The summed E-state index contributed by atoms with van der Waals surface area (Å²) in [4.78, 5) is 19.3. The first-order valence-electron chi connectivity index (χ1n) is 10.3. The Morgan fingerprint density at radius 1 is 1.20 bits per heavy atom. The van der Waals surface area contributed by atoms with Crippen LogP contribution in [0.1, 0.15) is 36.5 Å². The fraction of sp³-hybridized carbons (Fsp3) is 0.391. The molecule has 7 heteroatoms. The molecule has 0 atom stereocenters. The summed E-state index contributed by atoms with van der Waals surface area (Å²) in [6.45, 7) is 4.10. The minimum absolute atomic E-state index is 0.138. The van der Waals surface area contributed by atoms with Crippen molar-refractivity contribution in [3.63, 3.8) is 0 Å². The number of hydrogen-bond acceptors (Lipinski definition) is 7. The molecule has 0 N–H and O–H groups in total. The number of esters is 1. The number of ether oxygens (including phenoxy) is 3. The van der Waals surface area contributed by atoms with E-state index in [0.717, 1.165) is 40.4 Å². The maximum absolute atomic E-state index is 12.5. The Balaban J connectivity index is 1.31. The van der Waals surface area contributed by atoms with Crippen LogP contribution in [0.3, 0.4) is 0 Å². The van der Waals surface area contributed by atoms with E-state index in [2.05, 4.69) is 11.8 Å². The summed E-state index contributed by atoms with van der Waals surface area (Å²) in [5, 5.41) is 0.921. The van der Waals surface area contributed by atoms with Gasteiger partial charge in [0.15, 0.2) is 5.13 Å². The molecule has 6 nitrogen and oxygen atoms in total. The molecule has 0 unspecified atom stereocenters. The average molecular weight is 427 g/mol. The van der Waals surface area contributed by atoms with Crippen molar-refractivity contribution in [2.75, 3.05) is 31.7 Å². The zero-order valence-corrected chi connectivity index (χ0v) is 18.1. The molecule has 2 aromatic carbocycles. The third-order valence-electron chi connectivity index (χ3n) is 5.07. The third kappa shape index (κ3) is 4.51. The van der Waals surface area contributed by atoms with Crippen LogP contribution in [0.2, 0.25) is 0 Å². The predicted molar refractivity (Wildman–Crippen MR) is 119 cm³/mol. The van der Waals surface area contributed by atoms with Gasteiger partial charge in [0.05, 0.1) is 37.1 Å². The van der Waals surface area contributed by atoms with Crippen LogP contribution in [0.15, 0.2) is 42.5 Å². The first kappa shape index (κ1) is 20.5. The highest BCUT2D eigenvalue weighted by Gasteiger charge is 2.32. The van der Waals surface area contributed by atoms with Gasteiger partial charge < -0.3 is 19.1 Å². The molecule has 158 valence electrons. The zero-order chi connectivity index (χ0) is 20.9. The van der Waals surface area contributed by atoms with Gasteiger partial charge in [0.2, 0.25) is 0 Å². The maximum Gasteiger partial charge on any atom is 0.338 e. The topological polar surface area (TPSA) is 60.9 Å². The van der Waals surface area contributed by atoms with Crippen LogP contribution in [0.5, 0.6) is 11.5 Å². The number of aromatic nitrogens is 1. The van der Waals surface area contributed by atoms with Crippen molar-refractivity contribution >= 4 is 32.7 Å². The van der Waals surface area contributed by atoms with Crippen LogP contribution in [-0.2, 0) is 4.74 Å². The number of benzene rings is 2. The zero-order valence-electron chi connectivity index (χ0n) is 17.3. The lowest BCUT2D eigenvalue weighted by Gasteiger charge is -2.38. The van der Waals surface area contributed by atoms with Gasteiger partial charge in [-0.3, -0.25) is 0 Å². The average Bonchev–Trinajstić information content (AvgIpc) is 3.17. The molecule has 0 spiro atoms. The lowest BCUT2D eigenvalue weighted by atomic mass is 10.1. The molecule has 2 heterocycles. The smallest absolute Gasteiger partial charge is 0.338 e. The molecular weight excluding hydrogens is 400 g/mol. The molecule has 4 rings (SSSR count). The van der Waals surface area contributed by atoms with Gasteiger partial charge in [-0.05, 0) is 36.8 Å². The Kier molecular flexibility index (Phi) is 6.38. The minimum atomic E-state index is -0.315. The number of unbranched alkanes of at least 4 members (excludes halogenated alkanes) is 2. The Morgan fingerprint density at radius 2 is 2.03 bits per heavy atom. The SMILES string of the molecule is CCCCCOc1cccc(C(=O)OC2CN(c3nc4c(OC)cccc4s3)C2)c1. The van der Waals surface area contributed by atoms with Crippen LogP contribution in [0.4, 0.5) is 5.13 Å². The molecule has 1 fully saturated rings. The number of carbonyl (C=O) groups is 1. The summed E-state index contributed by atoms with van der Waals surface area (Å²) in [5.41, 5.74) is 1.39. The number of rotatable bonds is 9. The molecule has 3 aromatic rings. The lowest BCUT2D eigenvalue weighted by Crippen LogP contribution is -2.53. The second-order valence-corrected chi connectivity index (χ2v) is 8.33. The maximum atomic E-state index is 12.5. The van der Waals surface area contributed by atoms with Crippen LogP contribution in [0.25, 0.3) is 10.2 Å². The predicted octanol–water partition coefficient (Wildman–Crippen LogP) is 4.92. The highest BCUT2D eigenvalue weighted by Crippen LogP contribution is 2.36. The van der Waals surface area contributed by atoms with Crippen LogP contribution >= 0.6 is 11.3 Å². The van der Waals surface area contributed by atoms with Crippen molar-refractivity contribution in [2.24, 2.45) is 0 Å². The number of anilines is 1. The van der Waals surface area contributed by atoms with Gasteiger partial charge >= 0.3 is 5.97 Å². The lowest BCUT2D eigenvalue weighted by molar-refractivity contribution is 0.0234. The van der Waals surface area contributed by atoms with E-state index in [1.165, 1.54) is 0 Å². The van der Waals surface area contributed by atoms with Crippen molar-refractivity contribution in [2.45, 2.75) is 32.3 Å². The number of nitrogens with zero attached hydrogens (tertiary/aromatic N) is 2. The fourth-order valence-electron chi connectivity index (χ4n) is 3.35. The Hall–Kier alpha value is -2.80. The molecule has 0 saturated carbocycles. The standard InChI is InChI=1S/C23H26N2O4S/c1-3-4-5-12-28-17-9-6-8-16(13-17)22(26)29-18-14-25(15-18)23-24-21-19(27-2)10-7-11-20(21)30-23/h6-11,13,18H,3-5,12,14-15H2,1-2H3. The Bertz CT molecular complexity index is 1010. The summed E-state index contributed by atoms with van der Waals surface area (Å²) < 4.78 is 17.9. The molecule has 1 aliphatic heterocycles. The van der Waals surface area contributed by atoms with E-state index < -0.39 is 0 Å². The number of fused-ring (bicyclic) bond motifs is 1. The summed E-state index contributed by atoms with van der Waals surface area (Å²) >= 11 is 1.62. The van der Waals surface area contributed by atoms with Crippen LogP contribution < -0.4 is 14.4 Å². The van der Waals surface area contributed by atoms with Crippen molar-refractivity contribution in [1.29, 1.82) is 0 Å². The van der Waals surface area contributed by atoms with Gasteiger partial charge in [-0.25, -0.2) is 9.78 Å². The third-order valence-corrected chi connectivity index (χ3v) is 6.15. The van der Waals surface area contributed by atoms with E-state index in [9.17, 15) is 4.79 Å².